The van der Waals surface area contributed by atoms with Gasteiger partial charge in [-0.2, -0.15) is 0 Å². The van der Waals surface area contributed by atoms with Crippen molar-refractivity contribution in [1.29, 1.82) is 0 Å². The fourth-order valence-electron chi connectivity index (χ4n) is 3.69. The molecular weight excluding hydrogens is 424 g/mol. The van der Waals surface area contributed by atoms with Gasteiger partial charge in [-0.05, 0) is 40.2 Å². The highest BCUT2D eigenvalue weighted by Crippen LogP contribution is 2.33. The molecule has 1 aliphatic carbocycles. The summed E-state index contributed by atoms with van der Waals surface area (Å²) < 4.78 is 7.57. The Labute approximate surface area is 204 Å². The van der Waals surface area contributed by atoms with Crippen molar-refractivity contribution in [2.45, 2.75) is 79.9 Å². The van der Waals surface area contributed by atoms with Gasteiger partial charge < -0.3 is 4.74 Å². The second-order valence-corrected chi connectivity index (χ2v) is 8.43. The fraction of sp³-hybridized carbons (Fsp3) is 0.429. The maximum absolute atomic E-state index is 12.7. The van der Waals surface area contributed by atoms with E-state index in [-0.39, 0.29) is 12.4 Å². The highest BCUT2D eigenvalue weighted by Gasteiger charge is 2.31. The quantitative estimate of drug-likeness (QED) is 0.479. The van der Waals surface area contributed by atoms with Crippen molar-refractivity contribution in [1.82, 2.24) is 14.8 Å². The van der Waals surface area contributed by atoms with Crippen LogP contribution in [0.15, 0.2) is 65.2 Å². The Morgan fingerprint density at radius 2 is 1.79 bits per heavy atom. The van der Waals surface area contributed by atoms with Gasteiger partial charge in [-0.25, -0.2) is 0 Å². The van der Waals surface area contributed by atoms with Crippen LogP contribution in [-0.2, 0) is 9.53 Å². The minimum Gasteiger partial charge on any atom is -0.460 e. The average molecular weight is 463 g/mol. The molecule has 2 aromatic rings. The van der Waals surface area contributed by atoms with E-state index in [1.807, 2.05) is 84.2 Å². The molecule has 0 unspecified atom stereocenters. The number of aliphatic imine (C=N–C) groups is 1. The Morgan fingerprint density at radius 3 is 2.50 bits per heavy atom. The summed E-state index contributed by atoms with van der Waals surface area (Å²) in [6.45, 7) is 15.5. The van der Waals surface area contributed by atoms with E-state index < -0.39 is 11.6 Å². The Morgan fingerprint density at radius 1 is 1.09 bits per heavy atom. The standard InChI is InChI=1S/C24H26N4O2.2C2H6/c1-16-26-27-23-19(15-21(29)30-24(2,3)4)25-22(17-11-7-5-6-8-12-17)18-13-9-10-14-20(18)28(16)23;2*1-2/h5,7-14,19H,6,15H2,1-4H3;2*1-2H3/t19-;;/m0../s1. The van der Waals surface area contributed by atoms with Gasteiger partial charge in [0.1, 0.15) is 17.5 Å². The smallest absolute Gasteiger partial charge is 0.308 e. The number of aryl methyl sites for hydroxylation is 1. The molecule has 1 atom stereocenters. The van der Waals surface area contributed by atoms with Gasteiger partial charge >= 0.3 is 5.97 Å². The first kappa shape index (κ1) is 27.0. The maximum atomic E-state index is 12.7. The van der Waals surface area contributed by atoms with Crippen molar-refractivity contribution >= 4 is 11.7 Å². The lowest BCUT2D eigenvalue weighted by Gasteiger charge is -2.21. The van der Waals surface area contributed by atoms with E-state index in [1.54, 1.807) is 0 Å². The van der Waals surface area contributed by atoms with Crippen LogP contribution in [0.4, 0.5) is 0 Å². The van der Waals surface area contributed by atoms with Crippen LogP contribution in [0.3, 0.4) is 0 Å². The van der Waals surface area contributed by atoms with Crippen LogP contribution >= 0.6 is 0 Å². The molecule has 34 heavy (non-hydrogen) atoms. The van der Waals surface area contributed by atoms with Gasteiger partial charge in [0, 0.05) is 11.1 Å². The summed E-state index contributed by atoms with van der Waals surface area (Å²) in [5.41, 5.74) is 3.23. The summed E-state index contributed by atoms with van der Waals surface area (Å²) in [6.07, 6.45) is 11.4. The topological polar surface area (TPSA) is 69.4 Å². The number of nitrogens with zero attached hydrogens (tertiary/aromatic N) is 4. The number of carbonyl (C=O) groups is 1. The predicted octanol–water partition coefficient (Wildman–Crippen LogP) is 6.65. The van der Waals surface area contributed by atoms with Gasteiger partial charge in [0.05, 0.1) is 17.8 Å². The van der Waals surface area contributed by atoms with Crippen molar-refractivity contribution in [3.05, 3.63) is 77.4 Å². The highest BCUT2D eigenvalue weighted by molar-refractivity contribution is 6.17. The molecule has 0 saturated carbocycles. The molecule has 0 amide bonds. The number of fused-ring (bicyclic) bond motifs is 3. The number of aromatic nitrogens is 3. The first-order chi connectivity index (χ1) is 16.3. The molecule has 0 radical (unpaired) electrons. The molecule has 0 bridgehead atoms. The van der Waals surface area contributed by atoms with Gasteiger partial charge in [-0.15, -0.1) is 10.2 Å². The third-order valence-corrected chi connectivity index (χ3v) is 4.87. The normalized spacial score (nSPS) is 16.2. The van der Waals surface area contributed by atoms with E-state index in [9.17, 15) is 4.79 Å². The van der Waals surface area contributed by atoms with Crippen molar-refractivity contribution in [3.63, 3.8) is 0 Å². The van der Waals surface area contributed by atoms with E-state index in [0.29, 0.717) is 5.82 Å². The first-order valence-corrected chi connectivity index (χ1v) is 12.2. The predicted molar refractivity (Wildman–Crippen MR) is 140 cm³/mol. The number of benzene rings is 1. The zero-order valence-electron chi connectivity index (χ0n) is 21.8. The number of rotatable bonds is 3. The third kappa shape index (κ3) is 6.40. The van der Waals surface area contributed by atoms with Crippen LogP contribution in [0.25, 0.3) is 5.69 Å². The molecule has 2 heterocycles. The minimum atomic E-state index is -0.557. The van der Waals surface area contributed by atoms with E-state index >= 15 is 0 Å². The highest BCUT2D eigenvalue weighted by atomic mass is 16.6. The molecule has 0 N–H and O–H groups in total. The lowest BCUT2D eigenvalue weighted by molar-refractivity contribution is -0.155. The SMILES string of the molecule is CC.CC.Cc1nnc2n1-c1ccccc1C(C1=CC=CCC=C1)=N[C@H]2CC(=O)OC(C)(C)C. The third-order valence-electron chi connectivity index (χ3n) is 4.87. The minimum absolute atomic E-state index is 0.0969. The molecule has 1 aromatic carbocycles. The van der Waals surface area contributed by atoms with Gasteiger partial charge in [-0.1, -0.05) is 76.3 Å². The average Bonchev–Trinajstić information content (AvgIpc) is 2.97. The molecule has 0 spiro atoms. The second kappa shape index (κ2) is 12.3. The number of allylic oxidation sites excluding steroid dienone is 6. The lowest BCUT2D eigenvalue weighted by Crippen LogP contribution is -2.25. The molecule has 4 rings (SSSR count). The van der Waals surface area contributed by atoms with E-state index in [4.69, 9.17) is 9.73 Å². The number of para-hydroxylation sites is 1. The number of hydrogen-bond acceptors (Lipinski definition) is 5. The Bertz CT molecular complexity index is 1100. The van der Waals surface area contributed by atoms with Crippen molar-refractivity contribution in [2.24, 2.45) is 4.99 Å². The molecule has 0 saturated heterocycles. The van der Waals surface area contributed by atoms with Gasteiger partial charge in [0.15, 0.2) is 5.82 Å². The summed E-state index contributed by atoms with van der Waals surface area (Å²) in [5.74, 6) is 1.10. The largest absolute Gasteiger partial charge is 0.460 e. The van der Waals surface area contributed by atoms with Gasteiger partial charge in [-0.3, -0.25) is 14.4 Å². The van der Waals surface area contributed by atoms with E-state index in [1.165, 1.54) is 0 Å². The Kier molecular flexibility index (Phi) is 9.72. The summed E-state index contributed by atoms with van der Waals surface area (Å²) >= 11 is 0. The first-order valence-electron chi connectivity index (χ1n) is 12.2. The summed E-state index contributed by atoms with van der Waals surface area (Å²) in [6, 6.07) is 7.59. The molecule has 6 nitrogen and oxygen atoms in total. The molecule has 182 valence electrons. The molecule has 1 aromatic heterocycles. The fourth-order valence-corrected chi connectivity index (χ4v) is 3.69. The van der Waals surface area contributed by atoms with Crippen LogP contribution in [0.2, 0.25) is 0 Å². The zero-order valence-corrected chi connectivity index (χ0v) is 21.8. The lowest BCUT2D eigenvalue weighted by atomic mass is 9.99. The van der Waals surface area contributed by atoms with Crippen LogP contribution in [0, 0.1) is 6.92 Å². The molecular formula is C28H38N4O2. The number of ether oxygens (including phenoxy) is 1. The molecule has 2 aliphatic rings. The molecule has 1 aliphatic heterocycles. The molecule has 0 fully saturated rings. The van der Waals surface area contributed by atoms with Crippen LogP contribution < -0.4 is 0 Å². The van der Waals surface area contributed by atoms with Crippen LogP contribution in [0.5, 0.6) is 0 Å². The van der Waals surface area contributed by atoms with Gasteiger partial charge in [0.2, 0.25) is 0 Å². The molecule has 6 heteroatoms. The van der Waals surface area contributed by atoms with Crippen LogP contribution in [0.1, 0.15) is 84.6 Å². The number of hydrogen-bond donors (Lipinski definition) is 0. The zero-order chi connectivity index (χ0) is 25.3. The van der Waals surface area contributed by atoms with E-state index in [0.717, 1.165) is 34.8 Å². The maximum Gasteiger partial charge on any atom is 0.308 e. The van der Waals surface area contributed by atoms with Crippen molar-refractivity contribution in [3.8, 4) is 5.69 Å². The Hall–Kier alpha value is -3.28. The summed E-state index contributed by atoms with van der Waals surface area (Å²) in [5, 5.41) is 8.67. The summed E-state index contributed by atoms with van der Waals surface area (Å²) in [4.78, 5) is 17.7. The van der Waals surface area contributed by atoms with Gasteiger partial charge in [0.25, 0.3) is 0 Å². The second-order valence-electron chi connectivity index (χ2n) is 8.43. The summed E-state index contributed by atoms with van der Waals surface area (Å²) in [7, 11) is 0. The monoisotopic (exact) mass is 462 g/mol. The van der Waals surface area contributed by atoms with Crippen molar-refractivity contribution in [2.75, 3.05) is 0 Å². The number of carbonyl (C=O) groups excluding carboxylic acids is 1. The Balaban J connectivity index is 0.000000970. The van der Waals surface area contributed by atoms with Crippen molar-refractivity contribution < 1.29 is 9.53 Å². The van der Waals surface area contributed by atoms with Crippen LogP contribution in [-0.4, -0.2) is 32.0 Å². The van der Waals surface area contributed by atoms with E-state index in [2.05, 4.69) is 40.6 Å². The number of esters is 1.